The van der Waals surface area contributed by atoms with Gasteiger partial charge in [-0.05, 0) is 37.1 Å². The SMILES string of the molecule is CCN(C(=O)C1CC(=O)N(c2ccc(C)cc2F)C1)c1c(N)n(Cc2ccccc2)c(=O)[nH]c1=O. The number of nitrogens with one attached hydrogen (secondary N) is 1. The van der Waals surface area contributed by atoms with Gasteiger partial charge in [0.2, 0.25) is 11.8 Å². The van der Waals surface area contributed by atoms with Gasteiger partial charge in [-0.2, -0.15) is 0 Å². The standard InChI is InChI=1S/C25H26FN5O4/c1-3-29(21-22(27)31(25(35)28-23(21)33)13-16-7-5-4-6-8-16)24(34)17-12-20(32)30(14-17)19-10-9-15(2)11-18(19)26/h4-11,17H,3,12-14,27H2,1-2H3,(H,28,33,35). The lowest BCUT2D eigenvalue weighted by atomic mass is 10.1. The van der Waals surface area contributed by atoms with E-state index in [1.165, 1.54) is 26.5 Å². The molecule has 1 unspecified atom stereocenters. The molecule has 0 radical (unpaired) electrons. The molecule has 1 atom stereocenters. The van der Waals surface area contributed by atoms with Crippen molar-refractivity contribution < 1.29 is 14.0 Å². The second-order valence-corrected chi connectivity index (χ2v) is 8.51. The van der Waals surface area contributed by atoms with Crippen molar-refractivity contribution in [1.29, 1.82) is 0 Å². The zero-order chi connectivity index (χ0) is 25.3. The number of nitrogens with two attached hydrogens (primary N) is 1. The van der Waals surface area contributed by atoms with Crippen LogP contribution >= 0.6 is 0 Å². The predicted octanol–water partition coefficient (Wildman–Crippen LogP) is 2.02. The van der Waals surface area contributed by atoms with Gasteiger partial charge in [-0.1, -0.05) is 36.4 Å². The number of aromatic amines is 1. The Morgan fingerprint density at radius 3 is 2.54 bits per heavy atom. The lowest BCUT2D eigenvalue weighted by Crippen LogP contribution is -2.44. The molecule has 4 rings (SSSR count). The van der Waals surface area contributed by atoms with Gasteiger partial charge in [0.05, 0.1) is 18.2 Å². The monoisotopic (exact) mass is 479 g/mol. The number of hydrogen-bond donors (Lipinski definition) is 2. The van der Waals surface area contributed by atoms with Crippen LogP contribution < -0.4 is 26.8 Å². The number of hydrogen-bond acceptors (Lipinski definition) is 5. The fraction of sp³-hybridized carbons (Fsp3) is 0.280. The maximum Gasteiger partial charge on any atom is 0.330 e. The average molecular weight is 480 g/mol. The topological polar surface area (TPSA) is 121 Å². The summed E-state index contributed by atoms with van der Waals surface area (Å²) in [7, 11) is 0. The highest BCUT2D eigenvalue weighted by Gasteiger charge is 2.39. The minimum absolute atomic E-state index is 0.0321. The second kappa shape index (κ2) is 9.57. The van der Waals surface area contributed by atoms with Gasteiger partial charge in [0.25, 0.3) is 5.56 Å². The second-order valence-electron chi connectivity index (χ2n) is 8.51. The first-order chi connectivity index (χ1) is 16.7. The van der Waals surface area contributed by atoms with Crippen LogP contribution in [-0.4, -0.2) is 34.5 Å². The molecule has 1 aromatic heterocycles. The summed E-state index contributed by atoms with van der Waals surface area (Å²) in [5.41, 5.74) is 6.21. The van der Waals surface area contributed by atoms with Crippen LogP contribution in [0, 0.1) is 18.7 Å². The molecule has 3 aromatic rings. The largest absolute Gasteiger partial charge is 0.383 e. The summed E-state index contributed by atoms with van der Waals surface area (Å²) in [6, 6.07) is 13.6. The van der Waals surface area contributed by atoms with Gasteiger partial charge in [-0.15, -0.1) is 0 Å². The molecule has 0 aliphatic carbocycles. The van der Waals surface area contributed by atoms with Crippen LogP contribution in [0.15, 0.2) is 58.1 Å². The molecule has 182 valence electrons. The van der Waals surface area contributed by atoms with E-state index in [9.17, 15) is 23.6 Å². The molecule has 2 aromatic carbocycles. The van der Waals surface area contributed by atoms with E-state index in [1.807, 2.05) is 30.3 Å². The maximum atomic E-state index is 14.5. The molecule has 2 heterocycles. The molecule has 0 bridgehead atoms. The lowest BCUT2D eigenvalue weighted by Gasteiger charge is -2.25. The van der Waals surface area contributed by atoms with E-state index in [-0.39, 0.29) is 43.2 Å². The molecule has 0 spiro atoms. The van der Waals surface area contributed by atoms with Crippen LogP contribution in [0.2, 0.25) is 0 Å². The minimum atomic E-state index is -0.809. The number of nitrogens with zero attached hydrogens (tertiary/aromatic N) is 3. The Kier molecular flexibility index (Phi) is 6.54. The van der Waals surface area contributed by atoms with E-state index in [0.717, 1.165) is 5.56 Å². The van der Waals surface area contributed by atoms with Crippen molar-refractivity contribution in [3.63, 3.8) is 0 Å². The van der Waals surface area contributed by atoms with Gasteiger partial charge in [-0.3, -0.25) is 23.9 Å². The molecule has 2 amide bonds. The Labute approximate surface area is 200 Å². The van der Waals surface area contributed by atoms with Crippen molar-refractivity contribution in [2.75, 3.05) is 28.6 Å². The normalized spacial score (nSPS) is 15.5. The van der Waals surface area contributed by atoms with Crippen LogP contribution in [0.4, 0.5) is 21.6 Å². The average Bonchev–Trinajstić information content (AvgIpc) is 3.21. The Bertz CT molecular complexity index is 1400. The van der Waals surface area contributed by atoms with Crippen molar-refractivity contribution in [3.8, 4) is 0 Å². The summed E-state index contributed by atoms with van der Waals surface area (Å²) in [5, 5.41) is 0. The van der Waals surface area contributed by atoms with Crippen molar-refractivity contribution >= 4 is 29.0 Å². The molecule has 1 aliphatic rings. The summed E-state index contributed by atoms with van der Waals surface area (Å²) < 4.78 is 15.7. The third kappa shape index (κ3) is 4.59. The minimum Gasteiger partial charge on any atom is -0.383 e. The third-order valence-corrected chi connectivity index (χ3v) is 6.12. The zero-order valence-corrected chi connectivity index (χ0v) is 19.5. The van der Waals surface area contributed by atoms with Gasteiger partial charge < -0.3 is 15.5 Å². The number of H-pyrrole nitrogens is 1. The van der Waals surface area contributed by atoms with Crippen LogP contribution in [0.5, 0.6) is 0 Å². The van der Waals surface area contributed by atoms with E-state index in [4.69, 9.17) is 5.73 Å². The molecule has 10 heteroatoms. The number of carbonyl (C=O) groups is 2. The van der Waals surface area contributed by atoms with Crippen LogP contribution in [-0.2, 0) is 16.1 Å². The fourth-order valence-corrected chi connectivity index (χ4v) is 4.34. The smallest absolute Gasteiger partial charge is 0.330 e. The lowest BCUT2D eigenvalue weighted by molar-refractivity contribution is -0.124. The molecule has 35 heavy (non-hydrogen) atoms. The number of aromatic nitrogens is 2. The van der Waals surface area contributed by atoms with Gasteiger partial charge in [0.15, 0.2) is 5.69 Å². The van der Waals surface area contributed by atoms with E-state index >= 15 is 0 Å². The molecule has 9 nitrogen and oxygen atoms in total. The molecular weight excluding hydrogens is 453 g/mol. The first-order valence-electron chi connectivity index (χ1n) is 11.3. The highest BCUT2D eigenvalue weighted by atomic mass is 19.1. The van der Waals surface area contributed by atoms with E-state index < -0.39 is 34.8 Å². The number of aryl methyl sites for hydroxylation is 1. The Hall–Kier alpha value is -4.21. The Morgan fingerprint density at radius 2 is 1.89 bits per heavy atom. The van der Waals surface area contributed by atoms with Gasteiger partial charge in [0, 0.05) is 19.5 Å². The third-order valence-electron chi connectivity index (χ3n) is 6.12. The number of carbonyl (C=O) groups excluding carboxylic acids is 2. The summed E-state index contributed by atoms with van der Waals surface area (Å²) >= 11 is 0. The van der Waals surface area contributed by atoms with Crippen molar-refractivity contribution in [2.45, 2.75) is 26.8 Å². The Morgan fingerprint density at radius 1 is 1.17 bits per heavy atom. The Balaban J connectivity index is 1.65. The van der Waals surface area contributed by atoms with Gasteiger partial charge in [0.1, 0.15) is 11.6 Å². The number of nitrogen functional groups attached to an aromatic ring is 1. The summed E-state index contributed by atoms with van der Waals surface area (Å²) in [5.74, 6) is -2.40. The molecule has 1 saturated heterocycles. The number of halogens is 1. The van der Waals surface area contributed by atoms with Crippen molar-refractivity contribution in [1.82, 2.24) is 9.55 Å². The first-order valence-corrected chi connectivity index (χ1v) is 11.3. The molecule has 3 N–H and O–H groups in total. The van der Waals surface area contributed by atoms with Crippen LogP contribution in [0.3, 0.4) is 0 Å². The number of rotatable bonds is 6. The highest BCUT2D eigenvalue weighted by molar-refractivity contribution is 6.05. The predicted molar refractivity (Wildman–Crippen MR) is 131 cm³/mol. The number of amides is 2. The van der Waals surface area contributed by atoms with Crippen LogP contribution in [0.1, 0.15) is 24.5 Å². The van der Waals surface area contributed by atoms with Crippen molar-refractivity contribution in [3.05, 3.63) is 86.3 Å². The number of benzene rings is 2. The van der Waals surface area contributed by atoms with Gasteiger partial charge >= 0.3 is 5.69 Å². The maximum absolute atomic E-state index is 14.5. The molecule has 1 aliphatic heterocycles. The summed E-state index contributed by atoms with van der Waals surface area (Å²) in [6.45, 7) is 3.55. The molecular formula is C25H26FN5O4. The molecule has 1 fully saturated rings. The van der Waals surface area contributed by atoms with Gasteiger partial charge in [-0.25, -0.2) is 9.18 Å². The highest BCUT2D eigenvalue weighted by Crippen LogP contribution is 2.30. The summed E-state index contributed by atoms with van der Waals surface area (Å²) in [4.78, 5) is 56.0. The van der Waals surface area contributed by atoms with Crippen LogP contribution in [0.25, 0.3) is 0 Å². The first kappa shape index (κ1) is 23.9. The number of anilines is 3. The quantitative estimate of drug-likeness (QED) is 0.560. The van der Waals surface area contributed by atoms with E-state index in [1.54, 1.807) is 19.9 Å². The van der Waals surface area contributed by atoms with E-state index in [0.29, 0.717) is 5.56 Å². The fourth-order valence-electron chi connectivity index (χ4n) is 4.34. The van der Waals surface area contributed by atoms with Crippen molar-refractivity contribution in [2.24, 2.45) is 5.92 Å². The van der Waals surface area contributed by atoms with E-state index in [2.05, 4.69) is 4.98 Å². The summed E-state index contributed by atoms with van der Waals surface area (Å²) in [6.07, 6.45) is -0.135. The molecule has 0 saturated carbocycles. The zero-order valence-electron chi connectivity index (χ0n) is 19.5.